The number of ether oxygens (including phenoxy) is 1. The van der Waals surface area contributed by atoms with Crippen LogP contribution in [-0.2, 0) is 6.54 Å². The summed E-state index contributed by atoms with van der Waals surface area (Å²) in [7, 11) is 0. The van der Waals surface area contributed by atoms with E-state index < -0.39 is 5.97 Å². The monoisotopic (exact) mass is 546 g/mol. The molecule has 2 N–H and O–H groups in total. The van der Waals surface area contributed by atoms with Crippen LogP contribution in [0.15, 0.2) is 91.0 Å². The van der Waals surface area contributed by atoms with Crippen molar-refractivity contribution in [2.75, 3.05) is 6.61 Å². The van der Waals surface area contributed by atoms with Crippen LogP contribution in [0.2, 0.25) is 0 Å². The number of rotatable bonds is 9. The highest BCUT2D eigenvalue weighted by Crippen LogP contribution is 2.29. The first-order chi connectivity index (χ1) is 19.8. The predicted molar refractivity (Wildman–Crippen MR) is 163 cm³/mol. The molecule has 0 bridgehead atoms. The van der Waals surface area contributed by atoms with Gasteiger partial charge in [0.2, 0.25) is 0 Å². The fourth-order valence-electron chi connectivity index (χ4n) is 5.27. The molecule has 6 heteroatoms. The number of carboxylic acid groups (broad SMARTS) is 1. The Bertz CT molecular complexity index is 1720. The van der Waals surface area contributed by atoms with Crippen molar-refractivity contribution >= 4 is 22.8 Å². The van der Waals surface area contributed by atoms with Crippen LogP contribution in [0.25, 0.3) is 22.0 Å². The molecule has 41 heavy (non-hydrogen) atoms. The maximum Gasteiger partial charge on any atom is 0.336 e. The Morgan fingerprint density at radius 3 is 2.32 bits per heavy atom. The minimum atomic E-state index is -0.937. The molecule has 6 nitrogen and oxygen atoms in total. The molecule has 0 saturated heterocycles. The Hall–Kier alpha value is -4.84. The third kappa shape index (κ3) is 5.73. The summed E-state index contributed by atoms with van der Waals surface area (Å²) in [5.74, 6) is -0.237. The van der Waals surface area contributed by atoms with E-state index in [9.17, 15) is 14.7 Å². The van der Waals surface area contributed by atoms with Gasteiger partial charge in [-0.05, 0) is 91.9 Å². The molecule has 0 fully saturated rings. The first kappa shape index (κ1) is 27.7. The SMILES string of the molecule is CCOc1ccc([C@H](C)NC(=O)c2ccc3c(c2)c(C)c(C)n3Cc2ccc(-c3ccccc3C(=O)O)cc2)cc1. The summed E-state index contributed by atoms with van der Waals surface area (Å²) >= 11 is 0. The van der Waals surface area contributed by atoms with Crippen LogP contribution in [0.4, 0.5) is 0 Å². The average molecular weight is 547 g/mol. The lowest BCUT2D eigenvalue weighted by Gasteiger charge is -2.15. The number of amides is 1. The fraction of sp³-hybridized carbons (Fsp3) is 0.200. The molecule has 5 rings (SSSR count). The van der Waals surface area contributed by atoms with Gasteiger partial charge in [-0.25, -0.2) is 4.79 Å². The lowest BCUT2D eigenvalue weighted by atomic mass is 9.99. The number of aryl methyl sites for hydroxylation is 1. The van der Waals surface area contributed by atoms with Crippen LogP contribution < -0.4 is 10.1 Å². The quantitative estimate of drug-likeness (QED) is 0.200. The Morgan fingerprint density at radius 2 is 1.63 bits per heavy atom. The average Bonchev–Trinajstić information content (AvgIpc) is 3.22. The van der Waals surface area contributed by atoms with Gasteiger partial charge in [0.25, 0.3) is 5.91 Å². The molecular weight excluding hydrogens is 512 g/mol. The van der Waals surface area contributed by atoms with Gasteiger partial charge >= 0.3 is 5.97 Å². The molecule has 1 aromatic heterocycles. The number of aromatic carboxylic acids is 1. The fourth-order valence-corrected chi connectivity index (χ4v) is 5.27. The summed E-state index contributed by atoms with van der Waals surface area (Å²) in [4.78, 5) is 24.8. The van der Waals surface area contributed by atoms with Crippen LogP contribution in [-0.4, -0.2) is 28.2 Å². The number of fused-ring (bicyclic) bond motifs is 1. The van der Waals surface area contributed by atoms with Gasteiger partial charge in [-0.15, -0.1) is 0 Å². The minimum Gasteiger partial charge on any atom is -0.494 e. The van der Waals surface area contributed by atoms with Crippen molar-refractivity contribution < 1.29 is 19.4 Å². The number of hydrogen-bond donors (Lipinski definition) is 2. The predicted octanol–water partition coefficient (Wildman–Crippen LogP) is 7.56. The van der Waals surface area contributed by atoms with Crippen molar-refractivity contribution in [3.63, 3.8) is 0 Å². The van der Waals surface area contributed by atoms with Gasteiger partial charge in [0, 0.05) is 28.7 Å². The summed E-state index contributed by atoms with van der Waals surface area (Å²) in [5, 5.41) is 13.7. The highest BCUT2D eigenvalue weighted by Gasteiger charge is 2.17. The van der Waals surface area contributed by atoms with Gasteiger partial charge in [0.05, 0.1) is 18.2 Å². The molecule has 0 radical (unpaired) electrons. The number of nitrogens with one attached hydrogen (secondary N) is 1. The van der Waals surface area contributed by atoms with E-state index in [-0.39, 0.29) is 17.5 Å². The second kappa shape index (κ2) is 11.7. The highest BCUT2D eigenvalue weighted by atomic mass is 16.5. The van der Waals surface area contributed by atoms with Crippen LogP contribution in [0.3, 0.4) is 0 Å². The Balaban J connectivity index is 1.35. The Kier molecular flexibility index (Phi) is 7.92. The number of nitrogens with zero attached hydrogens (tertiary/aromatic N) is 1. The second-order valence-electron chi connectivity index (χ2n) is 10.3. The summed E-state index contributed by atoms with van der Waals surface area (Å²) in [5.41, 5.74) is 7.94. The molecular formula is C35H34N2O4. The van der Waals surface area contributed by atoms with E-state index >= 15 is 0 Å². The first-order valence-corrected chi connectivity index (χ1v) is 13.8. The van der Waals surface area contributed by atoms with Crippen LogP contribution in [0.5, 0.6) is 5.75 Å². The second-order valence-corrected chi connectivity index (χ2v) is 10.3. The largest absolute Gasteiger partial charge is 0.494 e. The summed E-state index contributed by atoms with van der Waals surface area (Å²) in [6, 6.07) is 28.6. The van der Waals surface area contributed by atoms with Crippen LogP contribution in [0.1, 0.15) is 63.0 Å². The van der Waals surface area contributed by atoms with E-state index in [1.807, 2.05) is 92.7 Å². The van der Waals surface area contributed by atoms with Gasteiger partial charge in [-0.3, -0.25) is 4.79 Å². The van der Waals surface area contributed by atoms with Gasteiger partial charge in [0.15, 0.2) is 0 Å². The zero-order chi connectivity index (χ0) is 29.1. The maximum absolute atomic E-state index is 13.2. The zero-order valence-electron chi connectivity index (χ0n) is 23.8. The maximum atomic E-state index is 13.2. The summed E-state index contributed by atoms with van der Waals surface area (Å²) < 4.78 is 7.78. The minimum absolute atomic E-state index is 0.115. The van der Waals surface area contributed by atoms with E-state index in [4.69, 9.17) is 4.74 Å². The molecule has 0 unspecified atom stereocenters. The van der Waals surface area contributed by atoms with E-state index in [0.29, 0.717) is 24.3 Å². The molecule has 5 aromatic rings. The molecule has 208 valence electrons. The van der Waals surface area contributed by atoms with E-state index in [1.165, 1.54) is 0 Å². The Morgan fingerprint density at radius 1 is 0.927 bits per heavy atom. The van der Waals surface area contributed by atoms with Gasteiger partial charge < -0.3 is 19.7 Å². The van der Waals surface area contributed by atoms with Crippen LogP contribution in [0, 0.1) is 13.8 Å². The zero-order valence-corrected chi connectivity index (χ0v) is 23.8. The topological polar surface area (TPSA) is 80.6 Å². The number of benzene rings is 4. The lowest BCUT2D eigenvalue weighted by molar-refractivity contribution is 0.0697. The molecule has 1 atom stereocenters. The van der Waals surface area contributed by atoms with Crippen molar-refractivity contribution in [2.45, 2.75) is 40.3 Å². The number of carboxylic acids is 1. The first-order valence-electron chi connectivity index (χ1n) is 13.8. The van der Waals surface area contributed by atoms with E-state index in [2.05, 4.69) is 23.7 Å². The van der Waals surface area contributed by atoms with Crippen molar-refractivity contribution in [1.82, 2.24) is 9.88 Å². The third-order valence-electron chi connectivity index (χ3n) is 7.70. The molecule has 0 aliphatic rings. The Labute approximate surface area is 240 Å². The van der Waals surface area contributed by atoms with Crippen molar-refractivity contribution in [2.24, 2.45) is 0 Å². The molecule has 0 aliphatic heterocycles. The number of carbonyl (C=O) groups excluding carboxylic acids is 1. The molecule has 1 heterocycles. The van der Waals surface area contributed by atoms with Crippen molar-refractivity contribution in [1.29, 1.82) is 0 Å². The third-order valence-corrected chi connectivity index (χ3v) is 7.70. The molecule has 0 saturated carbocycles. The van der Waals surface area contributed by atoms with Gasteiger partial charge in [0.1, 0.15) is 5.75 Å². The smallest absolute Gasteiger partial charge is 0.336 e. The van der Waals surface area contributed by atoms with Crippen LogP contribution >= 0.6 is 0 Å². The number of hydrogen-bond acceptors (Lipinski definition) is 3. The summed E-state index contributed by atoms with van der Waals surface area (Å²) in [6.07, 6.45) is 0. The molecule has 1 amide bonds. The van der Waals surface area contributed by atoms with Crippen molar-refractivity contribution in [3.8, 4) is 16.9 Å². The van der Waals surface area contributed by atoms with Gasteiger partial charge in [-0.1, -0.05) is 54.6 Å². The standard InChI is InChI=1S/C35H34N2O4/c1-5-41-29-17-14-26(15-18-29)23(3)36-34(38)28-16-19-33-32(20-28)22(2)24(4)37(33)21-25-10-12-27(13-11-25)30-8-6-7-9-31(30)35(39)40/h6-20,23H,5,21H2,1-4H3,(H,36,38)(H,39,40)/t23-/m0/s1. The van der Waals surface area contributed by atoms with Gasteiger partial charge in [-0.2, -0.15) is 0 Å². The normalized spacial score (nSPS) is 11.8. The lowest BCUT2D eigenvalue weighted by Crippen LogP contribution is -2.26. The van der Waals surface area contributed by atoms with E-state index in [1.54, 1.807) is 12.1 Å². The molecule has 0 aliphatic carbocycles. The van der Waals surface area contributed by atoms with E-state index in [0.717, 1.165) is 44.6 Å². The highest BCUT2D eigenvalue weighted by molar-refractivity contribution is 5.99. The molecule has 0 spiro atoms. The summed E-state index contributed by atoms with van der Waals surface area (Å²) in [6.45, 7) is 9.39. The van der Waals surface area contributed by atoms with Crippen molar-refractivity contribution in [3.05, 3.63) is 125 Å². The number of carbonyl (C=O) groups is 2. The number of aromatic nitrogens is 1. The molecule has 4 aromatic carbocycles.